The van der Waals surface area contributed by atoms with E-state index in [0.29, 0.717) is 15.9 Å². The zero-order valence-electron chi connectivity index (χ0n) is 9.72. The van der Waals surface area contributed by atoms with Crippen molar-refractivity contribution in [2.45, 2.75) is 6.92 Å². The first-order chi connectivity index (χ1) is 8.95. The molecule has 1 N–H and O–H groups in total. The smallest absolute Gasteiger partial charge is 0.354 e. The Labute approximate surface area is 116 Å². The van der Waals surface area contributed by atoms with Crippen LogP contribution in [0.4, 0.5) is 4.39 Å². The molecule has 0 aliphatic carbocycles. The second-order valence-electron chi connectivity index (χ2n) is 3.66. The summed E-state index contributed by atoms with van der Waals surface area (Å²) in [6.07, 6.45) is 0. The fourth-order valence-electron chi connectivity index (χ4n) is 1.35. The largest absolute Gasteiger partial charge is 0.477 e. The van der Waals surface area contributed by atoms with E-state index in [1.54, 1.807) is 6.92 Å². The van der Waals surface area contributed by atoms with Crippen LogP contribution in [0.1, 0.15) is 16.2 Å². The Morgan fingerprint density at radius 2 is 2.11 bits per heavy atom. The van der Waals surface area contributed by atoms with E-state index in [9.17, 15) is 9.18 Å². The summed E-state index contributed by atoms with van der Waals surface area (Å²) in [5, 5.41) is 8.89. The summed E-state index contributed by atoms with van der Waals surface area (Å²) in [5.41, 5.74) is 0.293. The van der Waals surface area contributed by atoms with Gasteiger partial charge in [-0.05, 0) is 47.1 Å². The van der Waals surface area contributed by atoms with Crippen molar-refractivity contribution in [3.63, 3.8) is 0 Å². The second kappa shape index (κ2) is 5.31. The van der Waals surface area contributed by atoms with Gasteiger partial charge in [-0.2, -0.15) is 4.98 Å². The minimum Gasteiger partial charge on any atom is -0.477 e. The Bertz CT molecular complexity index is 649. The molecule has 0 unspecified atom stereocenters. The molecule has 0 spiro atoms. The van der Waals surface area contributed by atoms with Gasteiger partial charge < -0.3 is 9.84 Å². The van der Waals surface area contributed by atoms with Crippen molar-refractivity contribution in [1.82, 2.24) is 9.97 Å². The summed E-state index contributed by atoms with van der Waals surface area (Å²) < 4.78 is 18.6. The van der Waals surface area contributed by atoms with Crippen molar-refractivity contribution in [3.8, 4) is 11.8 Å². The highest BCUT2D eigenvalue weighted by Crippen LogP contribution is 2.28. The Morgan fingerprint density at radius 1 is 1.37 bits per heavy atom. The molecule has 0 aliphatic heterocycles. The van der Waals surface area contributed by atoms with Gasteiger partial charge in [-0.3, -0.25) is 0 Å². The molecule has 19 heavy (non-hydrogen) atoms. The lowest BCUT2D eigenvalue weighted by molar-refractivity contribution is 0.0689. The van der Waals surface area contributed by atoms with Gasteiger partial charge in [0.15, 0.2) is 5.69 Å². The Kier molecular flexibility index (Phi) is 3.75. The molecule has 0 amide bonds. The third-order valence-electron chi connectivity index (χ3n) is 2.15. The quantitative estimate of drug-likeness (QED) is 0.937. The third-order valence-corrected chi connectivity index (χ3v) is 2.77. The highest BCUT2D eigenvalue weighted by Gasteiger charge is 2.11. The maximum absolute atomic E-state index is 12.9. The van der Waals surface area contributed by atoms with Gasteiger partial charge >= 0.3 is 12.0 Å². The van der Waals surface area contributed by atoms with Gasteiger partial charge in [-0.1, -0.05) is 0 Å². The van der Waals surface area contributed by atoms with E-state index in [0.717, 1.165) is 0 Å². The maximum atomic E-state index is 12.9. The minimum absolute atomic E-state index is 0.107. The van der Waals surface area contributed by atoms with Crippen LogP contribution in [0.5, 0.6) is 11.8 Å². The maximum Gasteiger partial charge on any atom is 0.354 e. The SMILES string of the molecule is Cc1cc(C(=O)O)nc(Oc2ccc(F)cc2Br)n1. The molecule has 0 saturated carbocycles. The third kappa shape index (κ3) is 3.25. The Hall–Kier alpha value is -2.02. The first-order valence-corrected chi connectivity index (χ1v) is 5.97. The number of hydrogen-bond acceptors (Lipinski definition) is 4. The summed E-state index contributed by atoms with van der Waals surface area (Å²) in [4.78, 5) is 18.6. The van der Waals surface area contributed by atoms with Gasteiger partial charge in [-0.15, -0.1) is 0 Å². The van der Waals surface area contributed by atoms with E-state index >= 15 is 0 Å². The van der Waals surface area contributed by atoms with E-state index in [-0.39, 0.29) is 11.7 Å². The predicted octanol–water partition coefficient (Wildman–Crippen LogP) is 3.18. The summed E-state index contributed by atoms with van der Waals surface area (Å²) in [6, 6.07) is 5.06. The van der Waals surface area contributed by atoms with E-state index in [1.165, 1.54) is 24.3 Å². The standard InChI is InChI=1S/C12H8BrFN2O3/c1-6-4-9(11(17)18)16-12(15-6)19-10-3-2-7(14)5-8(10)13/h2-5H,1H3,(H,17,18). The van der Waals surface area contributed by atoms with Crippen LogP contribution < -0.4 is 4.74 Å². The van der Waals surface area contributed by atoms with Gasteiger partial charge in [0.05, 0.1) is 4.47 Å². The number of aromatic carboxylic acids is 1. The molecule has 0 atom stereocenters. The molecule has 1 heterocycles. The zero-order valence-corrected chi connectivity index (χ0v) is 11.3. The van der Waals surface area contributed by atoms with Crippen molar-refractivity contribution in [3.05, 3.63) is 45.9 Å². The molecular weight excluding hydrogens is 319 g/mol. The molecule has 0 fully saturated rings. The number of nitrogens with zero attached hydrogens (tertiary/aromatic N) is 2. The lowest BCUT2D eigenvalue weighted by Gasteiger charge is -2.07. The van der Waals surface area contributed by atoms with Crippen molar-refractivity contribution in [2.24, 2.45) is 0 Å². The summed E-state index contributed by atoms with van der Waals surface area (Å²) in [5.74, 6) is -1.30. The molecule has 1 aromatic heterocycles. The number of aromatic nitrogens is 2. The summed E-state index contributed by atoms with van der Waals surface area (Å²) in [7, 11) is 0. The molecule has 0 saturated heterocycles. The first kappa shape index (κ1) is 13.4. The molecule has 1 aromatic carbocycles. The van der Waals surface area contributed by atoms with Crippen LogP contribution in [0.3, 0.4) is 0 Å². The molecule has 0 aliphatic rings. The number of carboxylic acids is 1. The van der Waals surface area contributed by atoms with Crippen molar-refractivity contribution in [2.75, 3.05) is 0 Å². The van der Waals surface area contributed by atoms with E-state index in [4.69, 9.17) is 9.84 Å². The zero-order chi connectivity index (χ0) is 14.0. The number of rotatable bonds is 3. The second-order valence-corrected chi connectivity index (χ2v) is 4.51. The lowest BCUT2D eigenvalue weighted by Crippen LogP contribution is -2.04. The Balaban J connectivity index is 2.35. The minimum atomic E-state index is -1.17. The van der Waals surface area contributed by atoms with Crippen molar-refractivity contribution >= 4 is 21.9 Å². The van der Waals surface area contributed by atoms with Crippen LogP contribution in [-0.4, -0.2) is 21.0 Å². The van der Waals surface area contributed by atoms with Gasteiger partial charge in [0, 0.05) is 5.69 Å². The van der Waals surface area contributed by atoms with Crippen LogP contribution in [-0.2, 0) is 0 Å². The molecule has 2 rings (SSSR count). The molecule has 5 nitrogen and oxygen atoms in total. The topological polar surface area (TPSA) is 72.3 Å². The number of carboxylic acid groups (broad SMARTS) is 1. The molecule has 7 heteroatoms. The highest BCUT2D eigenvalue weighted by atomic mass is 79.9. The number of ether oxygens (including phenoxy) is 1. The molecule has 2 aromatic rings. The fourth-order valence-corrected chi connectivity index (χ4v) is 1.78. The number of carbonyl (C=O) groups is 1. The normalized spacial score (nSPS) is 10.3. The molecular formula is C12H8BrFN2O3. The molecule has 0 bridgehead atoms. The first-order valence-electron chi connectivity index (χ1n) is 5.17. The van der Waals surface area contributed by atoms with Gasteiger partial charge in [0.1, 0.15) is 11.6 Å². The van der Waals surface area contributed by atoms with Crippen LogP contribution in [0.25, 0.3) is 0 Å². The average molecular weight is 327 g/mol. The number of benzene rings is 1. The number of halogens is 2. The highest BCUT2D eigenvalue weighted by molar-refractivity contribution is 9.10. The predicted molar refractivity (Wildman–Crippen MR) is 67.9 cm³/mol. The number of hydrogen-bond donors (Lipinski definition) is 1. The molecule has 98 valence electrons. The lowest BCUT2D eigenvalue weighted by atomic mass is 10.3. The van der Waals surface area contributed by atoms with E-state index in [2.05, 4.69) is 25.9 Å². The van der Waals surface area contributed by atoms with Crippen LogP contribution in [0.2, 0.25) is 0 Å². The average Bonchev–Trinajstić information content (AvgIpc) is 2.32. The monoisotopic (exact) mass is 326 g/mol. The fraction of sp³-hybridized carbons (Fsp3) is 0.0833. The van der Waals surface area contributed by atoms with Crippen LogP contribution in [0.15, 0.2) is 28.7 Å². The van der Waals surface area contributed by atoms with Crippen molar-refractivity contribution in [1.29, 1.82) is 0 Å². The van der Waals surface area contributed by atoms with Crippen LogP contribution >= 0.6 is 15.9 Å². The van der Waals surface area contributed by atoms with E-state index in [1.807, 2.05) is 0 Å². The Morgan fingerprint density at radius 3 is 2.74 bits per heavy atom. The molecule has 0 radical (unpaired) electrons. The number of aryl methyl sites for hydroxylation is 1. The van der Waals surface area contributed by atoms with Gasteiger partial charge in [-0.25, -0.2) is 14.2 Å². The van der Waals surface area contributed by atoms with Gasteiger partial charge in [0.2, 0.25) is 0 Å². The summed E-state index contributed by atoms with van der Waals surface area (Å²) >= 11 is 3.13. The van der Waals surface area contributed by atoms with E-state index < -0.39 is 11.8 Å². The van der Waals surface area contributed by atoms with Gasteiger partial charge in [0.25, 0.3) is 0 Å². The summed E-state index contributed by atoms with van der Waals surface area (Å²) in [6.45, 7) is 1.63. The van der Waals surface area contributed by atoms with Crippen molar-refractivity contribution < 1.29 is 19.0 Å². The van der Waals surface area contributed by atoms with Crippen LogP contribution in [0, 0.1) is 12.7 Å².